The van der Waals surface area contributed by atoms with Crippen LogP contribution in [0.2, 0.25) is 0 Å². The van der Waals surface area contributed by atoms with E-state index in [0.29, 0.717) is 30.6 Å². The number of rotatable bonds is 10. The molecule has 2 saturated heterocycles. The molecular weight excluding hydrogens is 425 g/mol. The third-order valence-electron chi connectivity index (χ3n) is 5.90. The van der Waals surface area contributed by atoms with Crippen LogP contribution in [0.1, 0.15) is 59.3 Å². The Labute approximate surface area is 195 Å². The van der Waals surface area contributed by atoms with Gasteiger partial charge in [0.05, 0.1) is 6.33 Å². The summed E-state index contributed by atoms with van der Waals surface area (Å²) in [5.74, 6) is -0.908. The Balaban J connectivity index is 2.43. The molecular formula is C25H36FN3O4. The van der Waals surface area contributed by atoms with Crippen LogP contribution >= 0.6 is 0 Å². The molecule has 4 N–H and O–H groups in total. The lowest BCUT2D eigenvalue weighted by Gasteiger charge is -2.36. The van der Waals surface area contributed by atoms with Gasteiger partial charge >= 0.3 is 0 Å². The van der Waals surface area contributed by atoms with Crippen LogP contribution in [0.15, 0.2) is 58.8 Å². The van der Waals surface area contributed by atoms with E-state index in [1.54, 1.807) is 11.0 Å². The van der Waals surface area contributed by atoms with E-state index in [2.05, 4.69) is 10.6 Å². The minimum atomic E-state index is -1.30. The SMILES string of the molecule is CC/C=C/C(=C\C=C\F)CN1CCC(=C2/NC(CCC)(CCC)NC2=O)/C(=C(/O)C=O)C1O. The Morgan fingerprint density at radius 3 is 2.52 bits per heavy atom. The van der Waals surface area contributed by atoms with Crippen molar-refractivity contribution in [1.29, 1.82) is 0 Å². The number of halogens is 1. The summed E-state index contributed by atoms with van der Waals surface area (Å²) >= 11 is 0. The van der Waals surface area contributed by atoms with Crippen molar-refractivity contribution in [2.75, 3.05) is 13.1 Å². The highest BCUT2D eigenvalue weighted by Gasteiger charge is 2.43. The normalized spacial score (nSPS) is 25.5. The molecule has 0 bridgehead atoms. The highest BCUT2D eigenvalue weighted by atomic mass is 19.1. The first-order valence-electron chi connectivity index (χ1n) is 11.6. The Kier molecular flexibility index (Phi) is 10.1. The molecule has 2 aliphatic rings. The summed E-state index contributed by atoms with van der Waals surface area (Å²) in [6.45, 7) is 6.72. The smallest absolute Gasteiger partial charge is 0.269 e. The van der Waals surface area contributed by atoms with Crippen molar-refractivity contribution in [2.45, 2.75) is 71.2 Å². The summed E-state index contributed by atoms with van der Waals surface area (Å²) in [5, 5.41) is 27.8. The first kappa shape index (κ1) is 26.5. The van der Waals surface area contributed by atoms with Crippen LogP contribution in [0, 0.1) is 0 Å². The zero-order valence-corrected chi connectivity index (χ0v) is 19.7. The maximum atomic E-state index is 12.9. The molecule has 1 atom stereocenters. The number of piperidine rings is 1. The average molecular weight is 462 g/mol. The topological polar surface area (TPSA) is 102 Å². The summed E-state index contributed by atoms with van der Waals surface area (Å²) in [4.78, 5) is 26.1. The van der Waals surface area contributed by atoms with Gasteiger partial charge in [0.15, 0.2) is 12.0 Å². The number of allylic oxidation sites excluding steroid dienone is 4. The van der Waals surface area contributed by atoms with Gasteiger partial charge in [-0.25, -0.2) is 4.39 Å². The summed E-state index contributed by atoms with van der Waals surface area (Å²) < 4.78 is 12.5. The van der Waals surface area contributed by atoms with Gasteiger partial charge in [0.2, 0.25) is 0 Å². The zero-order chi connectivity index (χ0) is 24.4. The zero-order valence-electron chi connectivity index (χ0n) is 19.7. The number of amides is 1. The molecule has 2 fully saturated rings. The number of hydrogen-bond acceptors (Lipinski definition) is 6. The van der Waals surface area contributed by atoms with Crippen LogP contribution in [-0.2, 0) is 9.59 Å². The molecule has 2 heterocycles. The molecule has 33 heavy (non-hydrogen) atoms. The largest absolute Gasteiger partial charge is 0.504 e. The Morgan fingerprint density at radius 1 is 1.24 bits per heavy atom. The fourth-order valence-electron chi connectivity index (χ4n) is 4.50. The van der Waals surface area contributed by atoms with Gasteiger partial charge in [0, 0.05) is 18.7 Å². The molecule has 2 rings (SSSR count). The van der Waals surface area contributed by atoms with E-state index in [4.69, 9.17) is 0 Å². The molecule has 182 valence electrons. The Bertz CT molecular complexity index is 867. The predicted molar refractivity (Wildman–Crippen MR) is 127 cm³/mol. The summed E-state index contributed by atoms with van der Waals surface area (Å²) in [6, 6.07) is 0. The van der Waals surface area contributed by atoms with Crippen molar-refractivity contribution in [2.24, 2.45) is 0 Å². The molecule has 0 spiro atoms. The highest BCUT2D eigenvalue weighted by Crippen LogP contribution is 2.34. The fraction of sp³-hybridized carbons (Fsp3) is 0.520. The quantitative estimate of drug-likeness (QED) is 0.171. The number of aliphatic hydroxyl groups is 2. The molecule has 0 aromatic carbocycles. The summed E-state index contributed by atoms with van der Waals surface area (Å²) in [7, 11) is 0. The van der Waals surface area contributed by atoms with Crippen LogP contribution in [-0.4, -0.2) is 52.3 Å². The number of aliphatic hydroxyl groups excluding tert-OH is 2. The van der Waals surface area contributed by atoms with Crippen molar-refractivity contribution in [3.8, 4) is 0 Å². The van der Waals surface area contributed by atoms with Crippen molar-refractivity contribution >= 4 is 12.2 Å². The molecule has 0 aromatic heterocycles. The number of likely N-dealkylation sites (tertiary alicyclic amines) is 1. The minimum absolute atomic E-state index is 0.0255. The molecule has 0 aromatic rings. The Hall–Kier alpha value is -2.71. The Morgan fingerprint density at radius 2 is 1.94 bits per heavy atom. The third kappa shape index (κ3) is 6.42. The summed E-state index contributed by atoms with van der Waals surface area (Å²) in [5.41, 5.74) is 0.936. The third-order valence-corrected chi connectivity index (χ3v) is 5.90. The molecule has 8 heteroatoms. The number of hydrogen-bond donors (Lipinski definition) is 4. The standard InChI is InChI=1S/C25H36FN3O4/c1-4-7-9-18(10-8-14-26)16-29-15-11-19(21(24(29)33)20(31)17-30)22-23(32)28-25(27-22,12-5-2)13-6-3/h7-10,14,17,24,27,31,33H,4-6,11-13,15-16H2,1-3H3,(H,28,32)/b9-7+,14-8+,18-10+,21-20-,22-19-. The monoisotopic (exact) mass is 461 g/mol. The van der Waals surface area contributed by atoms with E-state index in [1.165, 1.54) is 6.08 Å². The van der Waals surface area contributed by atoms with Gasteiger partial charge in [-0.3, -0.25) is 14.5 Å². The lowest BCUT2D eigenvalue weighted by molar-refractivity contribution is -0.117. The molecule has 1 unspecified atom stereocenters. The van der Waals surface area contributed by atoms with Gasteiger partial charge < -0.3 is 20.8 Å². The van der Waals surface area contributed by atoms with Crippen LogP contribution < -0.4 is 10.6 Å². The van der Waals surface area contributed by atoms with Crippen molar-refractivity contribution in [1.82, 2.24) is 15.5 Å². The van der Waals surface area contributed by atoms with Crippen LogP contribution in [0.25, 0.3) is 0 Å². The number of nitrogens with zero attached hydrogens (tertiary/aromatic N) is 1. The molecule has 7 nitrogen and oxygen atoms in total. The van der Waals surface area contributed by atoms with Gasteiger partial charge in [0.1, 0.15) is 17.6 Å². The molecule has 1 amide bonds. The van der Waals surface area contributed by atoms with E-state index in [-0.39, 0.29) is 24.3 Å². The fourth-order valence-corrected chi connectivity index (χ4v) is 4.50. The maximum absolute atomic E-state index is 12.9. The maximum Gasteiger partial charge on any atom is 0.269 e. The van der Waals surface area contributed by atoms with Crippen molar-refractivity contribution < 1.29 is 24.2 Å². The van der Waals surface area contributed by atoms with Gasteiger partial charge in [0.25, 0.3) is 5.91 Å². The number of nitrogens with one attached hydrogen (secondary N) is 2. The molecule has 0 radical (unpaired) electrons. The molecule has 0 saturated carbocycles. The predicted octanol–water partition coefficient (Wildman–Crippen LogP) is 3.67. The first-order chi connectivity index (χ1) is 15.9. The van der Waals surface area contributed by atoms with Gasteiger partial charge in [-0.15, -0.1) is 0 Å². The van der Waals surface area contributed by atoms with Gasteiger partial charge in [-0.05, 0) is 42.9 Å². The lowest BCUT2D eigenvalue weighted by atomic mass is 9.92. The van der Waals surface area contributed by atoms with E-state index in [0.717, 1.165) is 37.7 Å². The van der Waals surface area contributed by atoms with E-state index in [9.17, 15) is 24.2 Å². The lowest BCUT2D eigenvalue weighted by Crippen LogP contribution is -2.49. The second-order valence-electron chi connectivity index (χ2n) is 8.40. The van der Waals surface area contributed by atoms with Crippen molar-refractivity contribution in [3.05, 3.63) is 58.8 Å². The second kappa shape index (κ2) is 12.5. The van der Waals surface area contributed by atoms with E-state index < -0.39 is 17.6 Å². The first-order valence-corrected chi connectivity index (χ1v) is 11.6. The molecule has 0 aliphatic carbocycles. The van der Waals surface area contributed by atoms with Gasteiger partial charge in [-0.1, -0.05) is 51.8 Å². The average Bonchev–Trinajstić information content (AvgIpc) is 3.12. The summed E-state index contributed by atoms with van der Waals surface area (Å²) in [6.07, 6.45) is 10.4. The highest BCUT2D eigenvalue weighted by molar-refractivity contribution is 5.98. The van der Waals surface area contributed by atoms with E-state index >= 15 is 0 Å². The van der Waals surface area contributed by atoms with Crippen LogP contribution in [0.4, 0.5) is 4.39 Å². The van der Waals surface area contributed by atoms with E-state index in [1.807, 2.05) is 32.9 Å². The molecule has 2 aliphatic heterocycles. The van der Waals surface area contributed by atoms with Crippen LogP contribution in [0.5, 0.6) is 0 Å². The number of carbonyl (C=O) groups excluding carboxylic acids is 2. The van der Waals surface area contributed by atoms with Crippen LogP contribution in [0.3, 0.4) is 0 Å². The second-order valence-corrected chi connectivity index (χ2v) is 8.40. The number of aldehydes is 1. The van der Waals surface area contributed by atoms with Gasteiger partial charge in [-0.2, -0.15) is 0 Å². The minimum Gasteiger partial charge on any atom is -0.504 e. The van der Waals surface area contributed by atoms with Crippen molar-refractivity contribution in [3.63, 3.8) is 0 Å². The number of carbonyl (C=O) groups is 2.